The number of aryl methyl sites for hydroxylation is 1. The van der Waals surface area contributed by atoms with Gasteiger partial charge in [0, 0.05) is 54.2 Å². The van der Waals surface area contributed by atoms with Gasteiger partial charge in [-0.1, -0.05) is 20.8 Å². The zero-order valence-electron chi connectivity index (χ0n) is 30.3. The van der Waals surface area contributed by atoms with Gasteiger partial charge in [0.15, 0.2) is 5.82 Å². The highest BCUT2D eigenvalue weighted by Gasteiger charge is 2.35. The van der Waals surface area contributed by atoms with Crippen molar-refractivity contribution in [2.75, 3.05) is 36.5 Å². The maximum absolute atomic E-state index is 13.0. The van der Waals surface area contributed by atoms with Crippen LogP contribution >= 0.6 is 0 Å². The van der Waals surface area contributed by atoms with Crippen LogP contribution in [0.1, 0.15) is 68.2 Å². The largest absolute Gasteiger partial charge is 0.396 e. The Hall–Kier alpha value is -4.85. The number of carbonyl (C=O) groups excluding carboxylic acids is 1. The third kappa shape index (κ3) is 9.62. The minimum atomic E-state index is -4.90. The van der Waals surface area contributed by atoms with Gasteiger partial charge in [-0.05, 0) is 98.8 Å². The first kappa shape index (κ1) is 40.3. The number of hydrogen-bond donors (Lipinski definition) is 5. The summed E-state index contributed by atoms with van der Waals surface area (Å²) in [6, 6.07) is 14.5. The van der Waals surface area contributed by atoms with Crippen molar-refractivity contribution in [2.45, 2.75) is 63.2 Å². The first-order chi connectivity index (χ1) is 25.4. The van der Waals surface area contributed by atoms with Gasteiger partial charge in [0.05, 0.1) is 21.2 Å². The molecule has 0 spiro atoms. The molecule has 4 aromatic rings. The van der Waals surface area contributed by atoms with Crippen molar-refractivity contribution in [1.82, 2.24) is 14.9 Å². The third-order valence-corrected chi connectivity index (χ3v) is 10.2. The van der Waals surface area contributed by atoms with E-state index >= 15 is 0 Å². The Labute approximate surface area is 313 Å². The summed E-state index contributed by atoms with van der Waals surface area (Å²) in [6.07, 6.45) is 3.10. The molecule has 3 aromatic carbocycles. The first-order valence-corrected chi connectivity index (χ1v) is 20.0. The van der Waals surface area contributed by atoms with E-state index in [-0.39, 0.29) is 18.9 Å². The summed E-state index contributed by atoms with van der Waals surface area (Å²) < 4.78 is 65.6. The molecule has 0 unspecified atom stereocenters. The number of benzene rings is 3. The van der Waals surface area contributed by atoms with E-state index in [2.05, 4.69) is 21.4 Å². The summed E-state index contributed by atoms with van der Waals surface area (Å²) in [5.41, 5.74) is 3.99. The predicted octanol–water partition coefficient (Wildman–Crippen LogP) is 4.74. The molecule has 0 fully saturated rings. The Kier molecular flexibility index (Phi) is 12.1. The molecule has 54 heavy (non-hydrogen) atoms. The van der Waals surface area contributed by atoms with Gasteiger partial charge in [-0.15, -0.1) is 9.89 Å². The molecule has 1 amide bonds. The summed E-state index contributed by atoms with van der Waals surface area (Å²) in [4.78, 5) is 24.7. The second kappa shape index (κ2) is 16.3. The van der Waals surface area contributed by atoms with Crippen molar-refractivity contribution < 1.29 is 40.9 Å². The Balaban J connectivity index is 1.40. The molecule has 0 saturated carbocycles. The number of anilines is 2. The molecule has 1 aliphatic rings. The van der Waals surface area contributed by atoms with Crippen LogP contribution in [0.15, 0.2) is 80.5 Å². The van der Waals surface area contributed by atoms with E-state index in [4.69, 9.17) is 15.1 Å². The van der Waals surface area contributed by atoms with Crippen LogP contribution in [0.25, 0.3) is 11.4 Å². The average Bonchev–Trinajstić information content (AvgIpc) is 3.67. The molecule has 16 nitrogen and oxygen atoms in total. The summed E-state index contributed by atoms with van der Waals surface area (Å²) in [5, 5.41) is 30.4. The number of carbonyl (C=O) groups is 1. The Bertz CT molecular complexity index is 2250. The number of aliphatic hydroxyl groups excluding tert-OH is 2. The monoisotopic (exact) mass is 781 g/mol. The van der Waals surface area contributed by atoms with Gasteiger partial charge in [0.25, 0.3) is 26.1 Å². The fourth-order valence-corrected chi connectivity index (χ4v) is 6.87. The van der Waals surface area contributed by atoms with Crippen molar-refractivity contribution in [2.24, 2.45) is 15.5 Å². The standard InChI is InChI=1S/C36H43N7O9S2/c1-23-19-27(42(15-5-7-17-44)16-6-8-18-45)13-14-30(23)38-31-32(36(2,3)4)40-43-34(31)39-33(41-43)24-9-11-26(12-10-24)37-35(46)25-20-28(53(47,48)49)22-29(21-25)54(50,51)52/h9-14,19-22,44-45H,5-8,15-18H2,1-4H3,(H,37,46)(H,47,48,49)(H,50,51,52). The second-order valence-corrected chi connectivity index (χ2v) is 16.6. The van der Waals surface area contributed by atoms with E-state index in [9.17, 15) is 40.9 Å². The van der Waals surface area contributed by atoms with Crippen LogP contribution in [-0.2, 0) is 20.2 Å². The fraction of sp³-hybridized carbons (Fsp3) is 0.361. The van der Waals surface area contributed by atoms with Crippen LogP contribution in [0.4, 0.5) is 17.1 Å². The molecule has 0 saturated heterocycles. The highest BCUT2D eigenvalue weighted by Crippen LogP contribution is 2.31. The van der Waals surface area contributed by atoms with Crippen LogP contribution in [-0.4, -0.2) is 94.7 Å². The topological polar surface area (TPSA) is 237 Å². The third-order valence-electron chi connectivity index (χ3n) is 8.52. The Morgan fingerprint density at radius 2 is 1.44 bits per heavy atom. The van der Waals surface area contributed by atoms with E-state index in [0.717, 1.165) is 55.0 Å². The lowest BCUT2D eigenvalue weighted by Crippen LogP contribution is -2.27. The van der Waals surface area contributed by atoms with E-state index in [0.29, 0.717) is 47.5 Å². The zero-order chi connectivity index (χ0) is 39.4. The number of fused-ring (bicyclic) bond motifs is 1. The van der Waals surface area contributed by atoms with Crippen molar-refractivity contribution in [1.29, 1.82) is 0 Å². The number of unbranched alkanes of at least 4 members (excludes halogenated alkanes) is 2. The highest BCUT2D eigenvalue weighted by molar-refractivity contribution is 7.86. The number of aliphatic hydroxyl groups is 2. The van der Waals surface area contributed by atoms with Crippen molar-refractivity contribution >= 4 is 54.6 Å². The molecule has 18 heteroatoms. The maximum Gasteiger partial charge on any atom is 0.294 e. The molecule has 0 atom stereocenters. The van der Waals surface area contributed by atoms with Gasteiger partial charge in [0.1, 0.15) is 5.71 Å². The van der Waals surface area contributed by atoms with Crippen molar-refractivity contribution in [3.63, 3.8) is 0 Å². The van der Waals surface area contributed by atoms with E-state index in [1.807, 2.05) is 39.8 Å². The second-order valence-electron chi connectivity index (χ2n) is 13.8. The van der Waals surface area contributed by atoms with Crippen LogP contribution in [0.5, 0.6) is 0 Å². The van der Waals surface area contributed by atoms with Gasteiger partial charge in [-0.3, -0.25) is 13.9 Å². The van der Waals surface area contributed by atoms with Gasteiger partial charge in [-0.25, -0.2) is 9.98 Å². The average molecular weight is 782 g/mol. The molecule has 5 rings (SSSR count). The summed E-state index contributed by atoms with van der Waals surface area (Å²) in [7, 11) is -9.80. The molecule has 1 aliphatic heterocycles. The molecular weight excluding hydrogens is 739 g/mol. The lowest BCUT2D eigenvalue weighted by atomic mass is 9.87. The fourth-order valence-electron chi connectivity index (χ4n) is 5.69. The predicted molar refractivity (Wildman–Crippen MR) is 204 cm³/mol. The lowest BCUT2D eigenvalue weighted by Gasteiger charge is -2.25. The minimum Gasteiger partial charge on any atom is -0.396 e. The van der Waals surface area contributed by atoms with Gasteiger partial charge < -0.3 is 20.4 Å². The van der Waals surface area contributed by atoms with Crippen LogP contribution in [0.2, 0.25) is 0 Å². The normalized spacial score (nSPS) is 13.9. The molecule has 0 aliphatic carbocycles. The van der Waals surface area contributed by atoms with Gasteiger partial charge in [-0.2, -0.15) is 21.9 Å². The molecular formula is C36H43N7O9S2. The molecule has 5 N–H and O–H groups in total. The Morgan fingerprint density at radius 1 is 0.852 bits per heavy atom. The smallest absolute Gasteiger partial charge is 0.294 e. The lowest BCUT2D eigenvalue weighted by molar-refractivity contribution is 0.102. The summed E-state index contributed by atoms with van der Waals surface area (Å²) in [5.74, 6) is -0.125. The number of hydrogen-bond acceptors (Lipinski definition) is 12. The molecule has 0 radical (unpaired) electrons. The number of aromatic nitrogens is 3. The van der Waals surface area contributed by atoms with Crippen molar-refractivity contribution in [3.05, 3.63) is 77.6 Å². The van der Waals surface area contributed by atoms with E-state index in [1.54, 1.807) is 12.1 Å². The highest BCUT2D eigenvalue weighted by atomic mass is 32.2. The van der Waals surface area contributed by atoms with Gasteiger partial charge >= 0.3 is 0 Å². The van der Waals surface area contributed by atoms with Crippen LogP contribution in [0.3, 0.4) is 0 Å². The Morgan fingerprint density at radius 3 is 1.96 bits per heavy atom. The van der Waals surface area contributed by atoms with Gasteiger partial charge in [0.2, 0.25) is 5.82 Å². The van der Waals surface area contributed by atoms with E-state index < -0.39 is 46.9 Å². The zero-order valence-corrected chi connectivity index (χ0v) is 31.9. The van der Waals surface area contributed by atoms with Crippen LogP contribution < -0.4 is 10.2 Å². The van der Waals surface area contributed by atoms with Crippen molar-refractivity contribution in [3.8, 4) is 11.4 Å². The first-order valence-electron chi connectivity index (χ1n) is 17.1. The number of amides is 1. The molecule has 1 aromatic heterocycles. The maximum atomic E-state index is 13.0. The number of aliphatic imine (C=N–C) groups is 1. The quantitative estimate of drug-likeness (QED) is 0.0813. The number of rotatable bonds is 15. The number of nitrogens with zero attached hydrogens (tertiary/aromatic N) is 6. The summed E-state index contributed by atoms with van der Waals surface area (Å²) in [6.45, 7) is 9.89. The molecule has 288 valence electrons. The number of nitrogens with one attached hydrogen (secondary N) is 1. The SMILES string of the molecule is Cc1cc(N(CCCCO)CCCCO)ccc1N=C1C(C(C)(C)C)=Nn2nc(-c3ccc(NC(=O)c4cc(S(=O)(=O)O)cc(S(=O)(=O)O)c4)cc3)nc21. The summed E-state index contributed by atoms with van der Waals surface area (Å²) >= 11 is 0. The minimum absolute atomic E-state index is 0.136. The van der Waals surface area contributed by atoms with E-state index in [1.165, 1.54) is 16.9 Å². The molecule has 2 heterocycles. The molecule has 0 bridgehead atoms. The van der Waals surface area contributed by atoms with Crippen LogP contribution in [0, 0.1) is 12.3 Å².